The van der Waals surface area contributed by atoms with Crippen LogP contribution in [-0.2, 0) is 32.6 Å². The van der Waals surface area contributed by atoms with Crippen LogP contribution in [0.5, 0.6) is 11.5 Å². The monoisotopic (exact) mass is 693 g/mol. The standard InChI is InChI=1S/C34H36BrN3O6S/c1-4-36-34(40)31(21-25-11-7-5-8-12-25)37(23-26-15-17-27(35)18-16-26)33(39)24-38(45(41,42)29-13-9-6-10-14-29)30-22-28(43-2)19-20-32(30)44-3/h5-20,22,31H,4,21,23-24H2,1-3H3,(H,36,40)/t31-/m1/s1. The Bertz CT molecular complexity index is 1690. The van der Waals surface area contributed by atoms with Crippen LogP contribution in [0, 0.1) is 0 Å². The number of carbonyl (C=O) groups is 2. The fraction of sp³-hybridized carbons (Fsp3) is 0.235. The van der Waals surface area contributed by atoms with Crippen LogP contribution in [0.2, 0.25) is 0 Å². The van der Waals surface area contributed by atoms with Crippen molar-refractivity contribution >= 4 is 43.5 Å². The molecule has 0 fully saturated rings. The first-order chi connectivity index (χ1) is 21.7. The van der Waals surface area contributed by atoms with Gasteiger partial charge in [-0.25, -0.2) is 8.42 Å². The minimum absolute atomic E-state index is 0.00769. The van der Waals surface area contributed by atoms with Crippen molar-refractivity contribution in [1.29, 1.82) is 0 Å². The Balaban J connectivity index is 1.84. The van der Waals surface area contributed by atoms with Gasteiger partial charge in [-0.05, 0) is 54.4 Å². The van der Waals surface area contributed by atoms with Gasteiger partial charge in [0.05, 0.1) is 24.8 Å². The molecule has 0 bridgehead atoms. The molecule has 0 aliphatic carbocycles. The molecule has 0 heterocycles. The van der Waals surface area contributed by atoms with Gasteiger partial charge < -0.3 is 19.7 Å². The molecule has 0 spiro atoms. The summed E-state index contributed by atoms with van der Waals surface area (Å²) in [4.78, 5) is 29.6. The number of methoxy groups -OCH3 is 2. The maximum atomic E-state index is 14.5. The van der Waals surface area contributed by atoms with Crippen LogP contribution < -0.4 is 19.1 Å². The molecule has 236 valence electrons. The van der Waals surface area contributed by atoms with E-state index in [1.807, 2.05) is 61.5 Å². The molecule has 1 atom stereocenters. The Morgan fingerprint density at radius 3 is 2.09 bits per heavy atom. The van der Waals surface area contributed by atoms with E-state index < -0.39 is 28.5 Å². The van der Waals surface area contributed by atoms with Gasteiger partial charge in [0.1, 0.15) is 24.1 Å². The second kappa shape index (κ2) is 15.6. The van der Waals surface area contributed by atoms with Crippen molar-refractivity contribution in [3.8, 4) is 11.5 Å². The Kier molecular flexibility index (Phi) is 11.6. The fourth-order valence-electron chi connectivity index (χ4n) is 4.86. The van der Waals surface area contributed by atoms with Crippen molar-refractivity contribution in [3.05, 3.63) is 119 Å². The van der Waals surface area contributed by atoms with Crippen molar-refractivity contribution < 1.29 is 27.5 Å². The summed E-state index contributed by atoms with van der Waals surface area (Å²) in [5, 5.41) is 2.86. The maximum Gasteiger partial charge on any atom is 0.264 e. The van der Waals surface area contributed by atoms with Gasteiger partial charge in [0, 0.05) is 30.0 Å². The molecule has 9 nitrogen and oxygen atoms in total. The second-order valence-corrected chi connectivity index (χ2v) is 12.9. The summed E-state index contributed by atoms with van der Waals surface area (Å²) in [6, 6.07) is 28.5. The molecule has 0 aliphatic heterocycles. The predicted octanol–water partition coefficient (Wildman–Crippen LogP) is 5.44. The molecule has 2 amide bonds. The lowest BCUT2D eigenvalue weighted by Crippen LogP contribution is -2.53. The fourth-order valence-corrected chi connectivity index (χ4v) is 6.56. The Morgan fingerprint density at radius 2 is 1.49 bits per heavy atom. The van der Waals surface area contributed by atoms with Gasteiger partial charge in [-0.1, -0.05) is 76.6 Å². The number of likely N-dealkylation sites (N-methyl/N-ethyl adjacent to an activating group) is 1. The average Bonchev–Trinajstić information content (AvgIpc) is 3.06. The number of nitrogens with one attached hydrogen (secondary N) is 1. The summed E-state index contributed by atoms with van der Waals surface area (Å²) in [6.07, 6.45) is 0.225. The lowest BCUT2D eigenvalue weighted by atomic mass is 10.0. The number of halogens is 1. The third kappa shape index (κ3) is 8.43. The number of carbonyl (C=O) groups excluding carboxylic acids is 2. The second-order valence-electron chi connectivity index (χ2n) is 10.1. The minimum Gasteiger partial charge on any atom is -0.497 e. The zero-order valence-corrected chi connectivity index (χ0v) is 27.8. The van der Waals surface area contributed by atoms with Crippen LogP contribution >= 0.6 is 15.9 Å². The molecular weight excluding hydrogens is 658 g/mol. The van der Waals surface area contributed by atoms with Crippen LogP contribution in [0.25, 0.3) is 0 Å². The summed E-state index contributed by atoms with van der Waals surface area (Å²) in [6.45, 7) is 1.62. The molecule has 4 aromatic rings. The van der Waals surface area contributed by atoms with Crippen LogP contribution in [0.1, 0.15) is 18.1 Å². The van der Waals surface area contributed by atoms with E-state index in [1.165, 1.54) is 37.3 Å². The van der Waals surface area contributed by atoms with E-state index in [0.717, 1.165) is 19.9 Å². The van der Waals surface area contributed by atoms with E-state index in [4.69, 9.17) is 9.47 Å². The molecule has 0 saturated carbocycles. The molecule has 0 radical (unpaired) electrons. The summed E-state index contributed by atoms with van der Waals surface area (Å²) < 4.78 is 41.3. The third-order valence-corrected chi connectivity index (χ3v) is 9.46. The molecule has 4 rings (SSSR count). The number of rotatable bonds is 14. The van der Waals surface area contributed by atoms with Gasteiger partial charge in [-0.3, -0.25) is 13.9 Å². The zero-order valence-electron chi connectivity index (χ0n) is 25.4. The molecule has 0 saturated heterocycles. The first kappa shape index (κ1) is 33.5. The number of amides is 2. The number of anilines is 1. The van der Waals surface area contributed by atoms with Gasteiger partial charge in [-0.15, -0.1) is 0 Å². The SMILES string of the molecule is CCNC(=O)[C@@H](Cc1ccccc1)N(Cc1ccc(Br)cc1)C(=O)CN(c1cc(OC)ccc1OC)S(=O)(=O)c1ccccc1. The highest BCUT2D eigenvalue weighted by Gasteiger charge is 2.35. The average molecular weight is 695 g/mol. The zero-order chi connectivity index (χ0) is 32.4. The topological polar surface area (TPSA) is 105 Å². The van der Waals surface area contributed by atoms with E-state index in [0.29, 0.717) is 12.3 Å². The normalized spacial score (nSPS) is 11.7. The van der Waals surface area contributed by atoms with Crippen molar-refractivity contribution in [2.75, 3.05) is 31.6 Å². The molecule has 0 aromatic heterocycles. The quantitative estimate of drug-likeness (QED) is 0.189. The van der Waals surface area contributed by atoms with Crippen LogP contribution in [0.4, 0.5) is 5.69 Å². The van der Waals surface area contributed by atoms with Gasteiger partial charge in [-0.2, -0.15) is 0 Å². The highest BCUT2D eigenvalue weighted by Crippen LogP contribution is 2.36. The molecule has 4 aromatic carbocycles. The molecule has 1 N–H and O–H groups in total. The van der Waals surface area contributed by atoms with Crippen LogP contribution in [0.15, 0.2) is 112 Å². The Hall–Kier alpha value is -4.35. The van der Waals surface area contributed by atoms with Gasteiger partial charge >= 0.3 is 0 Å². The lowest BCUT2D eigenvalue weighted by molar-refractivity contribution is -0.140. The lowest BCUT2D eigenvalue weighted by Gasteiger charge is -2.34. The van der Waals surface area contributed by atoms with Gasteiger partial charge in [0.2, 0.25) is 11.8 Å². The van der Waals surface area contributed by atoms with Crippen LogP contribution in [-0.4, -0.2) is 58.5 Å². The minimum atomic E-state index is -4.29. The molecule has 45 heavy (non-hydrogen) atoms. The van der Waals surface area contributed by atoms with Crippen molar-refractivity contribution in [2.24, 2.45) is 0 Å². The first-order valence-corrected chi connectivity index (χ1v) is 16.6. The molecule has 11 heteroatoms. The number of hydrogen-bond donors (Lipinski definition) is 1. The molecule has 0 aliphatic rings. The number of hydrogen-bond acceptors (Lipinski definition) is 6. The van der Waals surface area contributed by atoms with E-state index >= 15 is 0 Å². The summed E-state index contributed by atoms with van der Waals surface area (Å²) >= 11 is 3.45. The predicted molar refractivity (Wildman–Crippen MR) is 178 cm³/mol. The first-order valence-electron chi connectivity index (χ1n) is 14.3. The van der Waals surface area contributed by atoms with Gasteiger partial charge in [0.25, 0.3) is 10.0 Å². The molecule has 0 unspecified atom stereocenters. The summed E-state index contributed by atoms with van der Waals surface area (Å²) in [7, 11) is -1.40. The van der Waals surface area contributed by atoms with E-state index in [1.54, 1.807) is 30.3 Å². The Labute approximate surface area is 273 Å². The van der Waals surface area contributed by atoms with E-state index in [2.05, 4.69) is 21.2 Å². The van der Waals surface area contributed by atoms with E-state index in [9.17, 15) is 18.0 Å². The molecular formula is C34H36BrN3O6S. The summed E-state index contributed by atoms with van der Waals surface area (Å²) in [5.74, 6) is -0.313. The van der Waals surface area contributed by atoms with Crippen LogP contribution in [0.3, 0.4) is 0 Å². The van der Waals surface area contributed by atoms with Gasteiger partial charge in [0.15, 0.2) is 0 Å². The number of sulfonamides is 1. The van der Waals surface area contributed by atoms with E-state index in [-0.39, 0.29) is 35.2 Å². The summed E-state index contributed by atoms with van der Waals surface area (Å²) in [5.41, 5.74) is 1.74. The largest absolute Gasteiger partial charge is 0.497 e. The van der Waals surface area contributed by atoms with Crippen molar-refractivity contribution in [2.45, 2.75) is 30.8 Å². The maximum absolute atomic E-state index is 14.5. The highest BCUT2D eigenvalue weighted by molar-refractivity contribution is 9.10. The Morgan fingerprint density at radius 1 is 0.844 bits per heavy atom. The highest BCUT2D eigenvalue weighted by atomic mass is 79.9. The third-order valence-electron chi connectivity index (χ3n) is 7.15. The number of ether oxygens (including phenoxy) is 2. The number of nitrogens with zero attached hydrogens (tertiary/aromatic N) is 2. The van der Waals surface area contributed by atoms with Crippen molar-refractivity contribution in [1.82, 2.24) is 10.2 Å². The smallest absolute Gasteiger partial charge is 0.264 e. The van der Waals surface area contributed by atoms with Crippen molar-refractivity contribution in [3.63, 3.8) is 0 Å². The number of benzene rings is 4.